The predicted octanol–water partition coefficient (Wildman–Crippen LogP) is 2.34. The highest BCUT2D eigenvalue weighted by Crippen LogP contribution is 2.33. The molecule has 0 spiro atoms. The molecule has 1 nitrogen and oxygen atoms in total. The second-order valence-electron chi connectivity index (χ2n) is 3.42. The molecule has 0 atom stereocenters. The Balaban J connectivity index is 3.02. The van der Waals surface area contributed by atoms with E-state index in [9.17, 15) is 0 Å². The van der Waals surface area contributed by atoms with E-state index in [1.54, 1.807) is 0 Å². The standard InChI is InChI=1S/C10H15N/c1-6-9-7-8(2)10(3,4)11(9)5/h6-7H,1-2H2,3-5H3. The molecule has 0 aliphatic carbocycles. The Kier molecular flexibility index (Phi) is 1.67. The van der Waals surface area contributed by atoms with Crippen molar-refractivity contribution in [1.82, 2.24) is 4.90 Å². The smallest absolute Gasteiger partial charge is 0.0589 e. The van der Waals surface area contributed by atoms with Gasteiger partial charge in [-0.3, -0.25) is 0 Å². The zero-order chi connectivity index (χ0) is 8.65. The molecule has 0 saturated heterocycles. The SMILES string of the molecule is C=CC1=CC(=C)C(C)(C)N1C. The van der Waals surface area contributed by atoms with Crippen LogP contribution in [0.2, 0.25) is 0 Å². The van der Waals surface area contributed by atoms with Crippen molar-refractivity contribution in [3.8, 4) is 0 Å². The molecule has 1 rings (SSSR count). The highest BCUT2D eigenvalue weighted by Gasteiger charge is 2.31. The first-order valence-corrected chi connectivity index (χ1v) is 3.77. The van der Waals surface area contributed by atoms with Crippen LogP contribution >= 0.6 is 0 Å². The second kappa shape index (κ2) is 2.26. The summed E-state index contributed by atoms with van der Waals surface area (Å²) in [4.78, 5) is 2.18. The van der Waals surface area contributed by atoms with Gasteiger partial charge in [0, 0.05) is 12.7 Å². The molecule has 1 heterocycles. The Bertz CT molecular complexity index is 233. The van der Waals surface area contributed by atoms with Gasteiger partial charge in [-0.05, 0) is 31.6 Å². The van der Waals surface area contributed by atoms with Gasteiger partial charge in [-0.15, -0.1) is 0 Å². The van der Waals surface area contributed by atoms with Crippen LogP contribution in [0.1, 0.15) is 13.8 Å². The van der Waals surface area contributed by atoms with Crippen LogP contribution in [0.25, 0.3) is 0 Å². The van der Waals surface area contributed by atoms with Crippen LogP contribution in [0.4, 0.5) is 0 Å². The summed E-state index contributed by atoms with van der Waals surface area (Å²) in [6.45, 7) is 12.0. The highest BCUT2D eigenvalue weighted by molar-refractivity contribution is 5.41. The Morgan fingerprint density at radius 2 is 2.09 bits per heavy atom. The molecule has 0 N–H and O–H groups in total. The van der Waals surface area contributed by atoms with Crippen molar-refractivity contribution < 1.29 is 0 Å². The minimum Gasteiger partial charge on any atom is -0.365 e. The van der Waals surface area contributed by atoms with Gasteiger partial charge in [-0.25, -0.2) is 0 Å². The van der Waals surface area contributed by atoms with Gasteiger partial charge in [0.25, 0.3) is 0 Å². The van der Waals surface area contributed by atoms with Crippen molar-refractivity contribution >= 4 is 0 Å². The number of hydrogen-bond donors (Lipinski definition) is 0. The molecule has 0 aromatic carbocycles. The first-order chi connectivity index (χ1) is 5.00. The molecule has 11 heavy (non-hydrogen) atoms. The summed E-state index contributed by atoms with van der Waals surface area (Å²) in [5.41, 5.74) is 2.36. The predicted molar refractivity (Wildman–Crippen MR) is 49.3 cm³/mol. The fraction of sp³-hybridized carbons (Fsp3) is 0.400. The summed E-state index contributed by atoms with van der Waals surface area (Å²) in [6, 6.07) is 0. The van der Waals surface area contributed by atoms with E-state index in [4.69, 9.17) is 0 Å². The van der Waals surface area contributed by atoms with Crippen molar-refractivity contribution in [2.45, 2.75) is 19.4 Å². The third kappa shape index (κ3) is 1.01. The molecular weight excluding hydrogens is 134 g/mol. The molecule has 1 heteroatoms. The summed E-state index contributed by atoms with van der Waals surface area (Å²) < 4.78 is 0. The van der Waals surface area contributed by atoms with Crippen molar-refractivity contribution in [1.29, 1.82) is 0 Å². The highest BCUT2D eigenvalue weighted by atomic mass is 15.2. The maximum absolute atomic E-state index is 3.99. The quantitative estimate of drug-likeness (QED) is 0.553. The summed E-state index contributed by atoms with van der Waals surface area (Å²) in [5.74, 6) is 0. The summed E-state index contributed by atoms with van der Waals surface area (Å²) in [7, 11) is 2.06. The van der Waals surface area contributed by atoms with E-state index in [1.807, 2.05) is 6.08 Å². The van der Waals surface area contributed by atoms with Crippen LogP contribution in [0.3, 0.4) is 0 Å². The third-order valence-corrected chi connectivity index (χ3v) is 2.54. The molecule has 0 aromatic heterocycles. The monoisotopic (exact) mass is 149 g/mol. The molecule has 60 valence electrons. The van der Waals surface area contributed by atoms with Crippen LogP contribution in [0, 0.1) is 0 Å². The van der Waals surface area contributed by atoms with E-state index in [1.165, 1.54) is 0 Å². The van der Waals surface area contributed by atoms with Crippen molar-refractivity contribution in [2.24, 2.45) is 0 Å². The van der Waals surface area contributed by atoms with Gasteiger partial charge in [0.05, 0.1) is 5.54 Å². The zero-order valence-electron chi connectivity index (χ0n) is 7.52. The van der Waals surface area contributed by atoms with Gasteiger partial charge in [0.1, 0.15) is 0 Å². The Hall–Kier alpha value is -0.980. The van der Waals surface area contributed by atoms with Crippen LogP contribution in [-0.2, 0) is 0 Å². The molecule has 0 bridgehead atoms. The van der Waals surface area contributed by atoms with Crippen molar-refractivity contribution in [3.05, 3.63) is 36.6 Å². The minimum absolute atomic E-state index is 0.0591. The van der Waals surface area contributed by atoms with E-state index in [0.29, 0.717) is 0 Å². The molecule has 0 aromatic rings. The third-order valence-electron chi connectivity index (χ3n) is 2.54. The van der Waals surface area contributed by atoms with E-state index < -0.39 is 0 Å². The largest absolute Gasteiger partial charge is 0.365 e. The number of nitrogens with zero attached hydrogens (tertiary/aromatic N) is 1. The van der Waals surface area contributed by atoms with Crippen molar-refractivity contribution in [3.63, 3.8) is 0 Å². The molecule has 1 aliphatic rings. The Morgan fingerprint density at radius 1 is 1.55 bits per heavy atom. The number of rotatable bonds is 1. The zero-order valence-corrected chi connectivity index (χ0v) is 7.52. The van der Waals surface area contributed by atoms with E-state index in [0.717, 1.165) is 11.3 Å². The van der Waals surface area contributed by atoms with Crippen LogP contribution in [0.15, 0.2) is 36.6 Å². The van der Waals surface area contributed by atoms with Gasteiger partial charge < -0.3 is 4.90 Å². The molecule has 0 fully saturated rings. The maximum atomic E-state index is 3.99. The van der Waals surface area contributed by atoms with Crippen molar-refractivity contribution in [2.75, 3.05) is 7.05 Å². The average Bonchev–Trinajstić information content (AvgIpc) is 2.14. The van der Waals surface area contributed by atoms with Gasteiger partial charge in [0.15, 0.2) is 0 Å². The number of hydrogen-bond acceptors (Lipinski definition) is 1. The van der Waals surface area contributed by atoms with Crippen LogP contribution in [0.5, 0.6) is 0 Å². The fourth-order valence-electron chi connectivity index (χ4n) is 1.19. The minimum atomic E-state index is 0.0591. The summed E-state index contributed by atoms with van der Waals surface area (Å²) in [6.07, 6.45) is 3.94. The average molecular weight is 149 g/mol. The molecule has 1 aliphatic heterocycles. The maximum Gasteiger partial charge on any atom is 0.0589 e. The Labute approximate surface area is 68.7 Å². The lowest BCUT2D eigenvalue weighted by atomic mass is 9.98. The van der Waals surface area contributed by atoms with Crippen LogP contribution < -0.4 is 0 Å². The van der Waals surface area contributed by atoms with Gasteiger partial charge >= 0.3 is 0 Å². The van der Waals surface area contributed by atoms with Gasteiger partial charge in [-0.2, -0.15) is 0 Å². The molecule has 0 amide bonds. The lowest BCUT2D eigenvalue weighted by Crippen LogP contribution is -2.36. The first-order valence-electron chi connectivity index (χ1n) is 3.77. The van der Waals surface area contributed by atoms with Gasteiger partial charge in [0.2, 0.25) is 0 Å². The first kappa shape index (κ1) is 8.12. The molecule has 0 radical (unpaired) electrons. The van der Waals surface area contributed by atoms with E-state index >= 15 is 0 Å². The van der Waals surface area contributed by atoms with Gasteiger partial charge in [-0.1, -0.05) is 13.2 Å². The number of allylic oxidation sites excluding steroid dienone is 1. The second-order valence-corrected chi connectivity index (χ2v) is 3.42. The topological polar surface area (TPSA) is 3.24 Å². The molecule has 0 unspecified atom stereocenters. The van der Waals surface area contributed by atoms with E-state index in [-0.39, 0.29) is 5.54 Å². The normalized spacial score (nSPS) is 21.9. The Morgan fingerprint density at radius 3 is 2.27 bits per heavy atom. The number of likely N-dealkylation sites (N-methyl/N-ethyl adjacent to an activating group) is 1. The van der Waals surface area contributed by atoms with Crippen LogP contribution in [-0.4, -0.2) is 17.5 Å². The summed E-state index contributed by atoms with van der Waals surface area (Å²) >= 11 is 0. The lowest BCUT2D eigenvalue weighted by molar-refractivity contribution is 0.279. The van der Waals surface area contributed by atoms with E-state index in [2.05, 4.69) is 45.0 Å². The fourth-order valence-corrected chi connectivity index (χ4v) is 1.19. The molecule has 0 saturated carbocycles. The lowest BCUT2D eigenvalue weighted by Gasteiger charge is -2.32. The molecular formula is C10H15N. The summed E-state index contributed by atoms with van der Waals surface area (Å²) in [5, 5.41) is 0.